The number of hydrogen-bond acceptors (Lipinski definition) is 1. The van der Waals surface area contributed by atoms with E-state index in [9.17, 15) is 4.79 Å². The summed E-state index contributed by atoms with van der Waals surface area (Å²) in [5.41, 5.74) is 5.85. The van der Waals surface area contributed by atoms with Gasteiger partial charge in [0.05, 0.1) is 0 Å². The molecule has 2 aliphatic rings. The van der Waals surface area contributed by atoms with Crippen LogP contribution in [0.1, 0.15) is 67.2 Å². The third-order valence-corrected chi connectivity index (χ3v) is 5.52. The maximum atomic E-state index is 12.9. The molecular weight excluding hydrogens is 232 g/mol. The zero-order chi connectivity index (χ0) is 14.4. The van der Waals surface area contributed by atoms with Gasteiger partial charge in [0.1, 0.15) is 5.78 Å². The van der Waals surface area contributed by atoms with Gasteiger partial charge in [-0.2, -0.15) is 0 Å². The Labute approximate surface area is 118 Å². The second-order valence-corrected chi connectivity index (χ2v) is 7.26. The molecule has 0 atom stereocenters. The van der Waals surface area contributed by atoms with Crippen LogP contribution < -0.4 is 0 Å². The largest absolute Gasteiger partial charge is 0.299 e. The van der Waals surface area contributed by atoms with Gasteiger partial charge in [-0.05, 0) is 59.3 Å². The molecule has 0 aliphatic heterocycles. The van der Waals surface area contributed by atoms with Crippen LogP contribution in [-0.4, -0.2) is 5.78 Å². The van der Waals surface area contributed by atoms with Gasteiger partial charge in [-0.25, -0.2) is 0 Å². The van der Waals surface area contributed by atoms with E-state index in [0.717, 1.165) is 25.7 Å². The number of carbonyl (C=O) groups excluding carboxylic acids is 1. The van der Waals surface area contributed by atoms with E-state index in [0.29, 0.717) is 11.7 Å². The van der Waals surface area contributed by atoms with Gasteiger partial charge in [0, 0.05) is 11.3 Å². The van der Waals surface area contributed by atoms with Crippen molar-refractivity contribution in [1.29, 1.82) is 0 Å². The molecule has 0 unspecified atom stereocenters. The number of carbonyl (C=O) groups is 1. The zero-order valence-corrected chi connectivity index (χ0v) is 13.4. The van der Waals surface area contributed by atoms with Gasteiger partial charge >= 0.3 is 0 Å². The Morgan fingerprint density at radius 2 is 1.37 bits per heavy atom. The molecule has 0 amide bonds. The molecule has 1 nitrogen and oxygen atoms in total. The van der Waals surface area contributed by atoms with E-state index < -0.39 is 0 Å². The average Bonchev–Trinajstić information content (AvgIpc) is 2.32. The van der Waals surface area contributed by atoms with Crippen molar-refractivity contribution in [2.45, 2.75) is 67.2 Å². The smallest absolute Gasteiger partial charge is 0.142 e. The summed E-state index contributed by atoms with van der Waals surface area (Å²) < 4.78 is 0. The lowest BCUT2D eigenvalue weighted by Gasteiger charge is -2.48. The van der Waals surface area contributed by atoms with Crippen LogP contribution in [0.3, 0.4) is 0 Å². The first-order valence-corrected chi connectivity index (χ1v) is 7.62. The normalized spacial score (nSPS) is 31.8. The monoisotopic (exact) mass is 260 g/mol. The molecule has 2 rings (SSSR count). The van der Waals surface area contributed by atoms with Crippen molar-refractivity contribution in [2.24, 2.45) is 17.3 Å². The first kappa shape index (κ1) is 14.6. The predicted molar refractivity (Wildman–Crippen MR) is 81.0 cm³/mol. The Morgan fingerprint density at radius 3 is 1.74 bits per heavy atom. The van der Waals surface area contributed by atoms with Crippen molar-refractivity contribution >= 4 is 5.78 Å². The fourth-order valence-electron chi connectivity index (χ4n) is 4.10. The van der Waals surface area contributed by atoms with Crippen molar-refractivity contribution in [1.82, 2.24) is 0 Å². The molecule has 0 heterocycles. The molecule has 0 aromatic rings. The fraction of sp³-hybridized carbons (Fsp3) is 0.722. The summed E-state index contributed by atoms with van der Waals surface area (Å²) in [6, 6.07) is 0. The minimum atomic E-state index is -0.0959. The molecule has 1 heteroatoms. The molecule has 0 radical (unpaired) electrons. The van der Waals surface area contributed by atoms with Crippen molar-refractivity contribution in [3.8, 4) is 0 Å². The lowest BCUT2D eigenvalue weighted by molar-refractivity contribution is -0.136. The first-order chi connectivity index (χ1) is 8.78. The Kier molecular flexibility index (Phi) is 3.77. The highest BCUT2D eigenvalue weighted by molar-refractivity contribution is 5.88. The Bertz CT molecular complexity index is 432. The van der Waals surface area contributed by atoms with Gasteiger partial charge in [0.2, 0.25) is 0 Å². The molecule has 0 N–H and O–H groups in total. The predicted octanol–water partition coefficient (Wildman–Crippen LogP) is 5.07. The number of hydrogen-bond donors (Lipinski definition) is 0. The van der Waals surface area contributed by atoms with E-state index in [1.165, 1.54) is 22.3 Å². The Hall–Kier alpha value is -0.850. The summed E-state index contributed by atoms with van der Waals surface area (Å²) in [7, 11) is 0. The number of fused-ring (bicyclic) bond motifs is 1. The van der Waals surface area contributed by atoms with E-state index in [4.69, 9.17) is 0 Å². The standard InChI is InChI=1S/C18H28O/c1-11(2)17(19)18-9-14(5)12(3)7-16(18)8-13(4)15(6)10-18/h11,16H,7-10H2,1-6H3. The van der Waals surface area contributed by atoms with E-state index in [-0.39, 0.29) is 11.3 Å². The summed E-state index contributed by atoms with van der Waals surface area (Å²) >= 11 is 0. The van der Waals surface area contributed by atoms with Crippen molar-refractivity contribution < 1.29 is 4.79 Å². The lowest BCUT2D eigenvalue weighted by Crippen LogP contribution is -2.45. The molecule has 0 fully saturated rings. The van der Waals surface area contributed by atoms with Gasteiger partial charge in [-0.15, -0.1) is 0 Å². The highest BCUT2D eigenvalue weighted by Gasteiger charge is 2.49. The minimum Gasteiger partial charge on any atom is -0.299 e. The van der Waals surface area contributed by atoms with Crippen LogP contribution in [0.2, 0.25) is 0 Å². The summed E-state index contributed by atoms with van der Waals surface area (Å²) in [5.74, 6) is 1.19. The van der Waals surface area contributed by atoms with Crippen LogP contribution >= 0.6 is 0 Å². The minimum absolute atomic E-state index is 0.0959. The highest BCUT2D eigenvalue weighted by Crippen LogP contribution is 2.54. The molecule has 0 bridgehead atoms. The Morgan fingerprint density at radius 1 is 0.947 bits per heavy atom. The van der Waals surface area contributed by atoms with Crippen LogP contribution in [0, 0.1) is 17.3 Å². The highest BCUT2D eigenvalue weighted by atomic mass is 16.1. The van der Waals surface area contributed by atoms with E-state index >= 15 is 0 Å². The molecule has 2 aliphatic carbocycles. The fourth-order valence-corrected chi connectivity index (χ4v) is 4.10. The molecule has 19 heavy (non-hydrogen) atoms. The van der Waals surface area contributed by atoms with Crippen molar-refractivity contribution in [3.63, 3.8) is 0 Å². The topological polar surface area (TPSA) is 17.1 Å². The zero-order valence-electron chi connectivity index (χ0n) is 13.4. The summed E-state index contributed by atoms with van der Waals surface area (Å²) in [6.07, 6.45) is 4.22. The quantitative estimate of drug-likeness (QED) is 0.633. The van der Waals surface area contributed by atoms with Gasteiger partial charge in [0.25, 0.3) is 0 Å². The second kappa shape index (κ2) is 4.92. The van der Waals surface area contributed by atoms with Crippen LogP contribution in [0.5, 0.6) is 0 Å². The maximum Gasteiger partial charge on any atom is 0.142 e. The van der Waals surface area contributed by atoms with Crippen LogP contribution in [0.25, 0.3) is 0 Å². The van der Waals surface area contributed by atoms with E-state index in [2.05, 4.69) is 41.5 Å². The van der Waals surface area contributed by atoms with Crippen molar-refractivity contribution in [3.05, 3.63) is 22.3 Å². The molecular formula is C18H28O. The van der Waals surface area contributed by atoms with Crippen molar-refractivity contribution in [2.75, 3.05) is 0 Å². The summed E-state index contributed by atoms with van der Waals surface area (Å²) in [5, 5.41) is 0. The van der Waals surface area contributed by atoms with Crippen LogP contribution in [-0.2, 0) is 4.79 Å². The molecule has 0 aromatic heterocycles. The second-order valence-electron chi connectivity index (χ2n) is 7.26. The van der Waals surface area contributed by atoms with Gasteiger partial charge in [0.15, 0.2) is 0 Å². The molecule has 0 saturated carbocycles. The van der Waals surface area contributed by atoms with Gasteiger partial charge in [-0.1, -0.05) is 36.1 Å². The Balaban J connectivity index is 2.47. The average molecular weight is 260 g/mol. The molecule has 0 aromatic carbocycles. The number of allylic oxidation sites excluding steroid dienone is 4. The van der Waals surface area contributed by atoms with E-state index in [1.54, 1.807) is 0 Å². The van der Waals surface area contributed by atoms with E-state index in [1.807, 2.05) is 0 Å². The first-order valence-electron chi connectivity index (χ1n) is 7.62. The lowest BCUT2D eigenvalue weighted by atomic mass is 9.54. The van der Waals surface area contributed by atoms with Crippen LogP contribution in [0.15, 0.2) is 22.3 Å². The van der Waals surface area contributed by atoms with Crippen LogP contribution in [0.4, 0.5) is 0 Å². The van der Waals surface area contributed by atoms with Gasteiger partial charge in [-0.3, -0.25) is 4.79 Å². The SMILES string of the molecule is CC1=C(C)CC2(C(=O)C(C)C)CC(C)=C(C)CC2C1. The maximum absolute atomic E-state index is 12.9. The molecule has 0 spiro atoms. The molecule has 0 saturated heterocycles. The number of Topliss-reactive ketones (excluding diaryl/α,β-unsaturated/α-hetero) is 1. The summed E-state index contributed by atoms with van der Waals surface area (Å²) in [6.45, 7) is 13.1. The summed E-state index contributed by atoms with van der Waals surface area (Å²) in [4.78, 5) is 12.9. The molecule has 106 valence electrons. The number of rotatable bonds is 2. The number of ketones is 1. The van der Waals surface area contributed by atoms with Gasteiger partial charge < -0.3 is 0 Å². The third kappa shape index (κ3) is 2.32. The third-order valence-electron chi connectivity index (χ3n) is 5.52.